The lowest BCUT2D eigenvalue weighted by molar-refractivity contribution is -0.0132. The van der Waals surface area contributed by atoms with Gasteiger partial charge in [0.2, 0.25) is 0 Å². The summed E-state index contributed by atoms with van der Waals surface area (Å²) in [6, 6.07) is 3.53. The fraction of sp³-hybridized carbons (Fsp3) is 0.467. The van der Waals surface area contributed by atoms with E-state index in [1.54, 1.807) is 23.5 Å². The molecule has 1 atom stereocenters. The second kappa shape index (κ2) is 6.51. The first kappa shape index (κ1) is 14.4. The Labute approximate surface area is 127 Å². The third kappa shape index (κ3) is 3.58. The molecule has 2 aromatic heterocycles. The molecule has 0 aromatic carbocycles. The number of carbonyl (C=O) groups excluding carboxylic acids is 1. The molecule has 5 nitrogen and oxygen atoms in total. The average molecular weight is 306 g/mol. The van der Waals surface area contributed by atoms with Crippen LogP contribution in [0, 0.1) is 6.92 Å². The van der Waals surface area contributed by atoms with Gasteiger partial charge in [0.15, 0.2) is 11.5 Å². The van der Waals surface area contributed by atoms with Crippen molar-refractivity contribution in [3.05, 3.63) is 40.2 Å². The van der Waals surface area contributed by atoms with Crippen molar-refractivity contribution in [2.45, 2.75) is 25.9 Å². The summed E-state index contributed by atoms with van der Waals surface area (Å²) in [6.07, 6.45) is 1.94. The van der Waals surface area contributed by atoms with Gasteiger partial charge in [-0.3, -0.25) is 9.69 Å². The molecule has 112 valence electrons. The predicted octanol–water partition coefficient (Wildman–Crippen LogP) is 2.52. The second-order valence-electron chi connectivity index (χ2n) is 5.16. The maximum atomic E-state index is 12.2. The smallest absolute Gasteiger partial charge is 0.199 e. The molecular weight excluding hydrogens is 288 g/mol. The number of carbonyl (C=O) groups is 1. The van der Waals surface area contributed by atoms with Crippen molar-refractivity contribution in [2.24, 2.45) is 0 Å². The average Bonchev–Trinajstić information content (AvgIpc) is 3.13. The van der Waals surface area contributed by atoms with E-state index >= 15 is 0 Å². The second-order valence-corrected chi connectivity index (χ2v) is 6.22. The van der Waals surface area contributed by atoms with Gasteiger partial charge < -0.3 is 9.15 Å². The Morgan fingerprint density at radius 1 is 1.57 bits per heavy atom. The lowest BCUT2D eigenvalue weighted by Gasteiger charge is -2.34. The van der Waals surface area contributed by atoms with Gasteiger partial charge in [0.05, 0.1) is 30.2 Å². The number of Topliss-reactive ketones (excluding diaryl/α,β-unsaturated/α-hetero) is 1. The van der Waals surface area contributed by atoms with Crippen LogP contribution in [-0.2, 0) is 11.3 Å². The van der Waals surface area contributed by atoms with Gasteiger partial charge >= 0.3 is 0 Å². The third-order valence-electron chi connectivity index (χ3n) is 3.60. The minimum absolute atomic E-state index is 0.0231. The van der Waals surface area contributed by atoms with E-state index in [0.717, 1.165) is 23.8 Å². The molecule has 0 aliphatic carbocycles. The van der Waals surface area contributed by atoms with Gasteiger partial charge in [0.1, 0.15) is 0 Å². The molecule has 1 fully saturated rings. The molecule has 1 unspecified atom stereocenters. The SMILES string of the molecule is Cc1nc(CN2CCOCC2CC(=O)c2ccco2)cs1. The van der Waals surface area contributed by atoms with Crippen LogP contribution < -0.4 is 0 Å². The number of furan rings is 1. The normalized spacial score (nSPS) is 19.8. The van der Waals surface area contributed by atoms with Crippen molar-refractivity contribution in [1.82, 2.24) is 9.88 Å². The molecule has 0 radical (unpaired) electrons. The van der Waals surface area contributed by atoms with Crippen LogP contribution in [-0.4, -0.2) is 41.5 Å². The van der Waals surface area contributed by atoms with E-state index in [0.29, 0.717) is 25.4 Å². The van der Waals surface area contributed by atoms with Gasteiger partial charge in [-0.25, -0.2) is 4.98 Å². The summed E-state index contributed by atoms with van der Waals surface area (Å²) < 4.78 is 10.7. The number of hydrogen-bond donors (Lipinski definition) is 0. The van der Waals surface area contributed by atoms with Crippen molar-refractivity contribution in [1.29, 1.82) is 0 Å². The lowest BCUT2D eigenvalue weighted by Crippen LogP contribution is -2.45. The number of nitrogens with zero attached hydrogens (tertiary/aromatic N) is 2. The Morgan fingerprint density at radius 2 is 2.48 bits per heavy atom. The van der Waals surface area contributed by atoms with Crippen LogP contribution in [0.3, 0.4) is 0 Å². The molecule has 3 heterocycles. The molecule has 0 amide bonds. The standard InChI is InChI=1S/C15H18N2O3S/c1-11-16-12(10-21-11)8-17-4-6-19-9-13(17)7-14(18)15-3-2-5-20-15/h2-3,5,10,13H,4,6-9H2,1H3. The Kier molecular flexibility index (Phi) is 4.48. The van der Waals surface area contributed by atoms with Gasteiger partial charge in [-0.05, 0) is 19.1 Å². The van der Waals surface area contributed by atoms with Gasteiger partial charge in [0.25, 0.3) is 0 Å². The topological polar surface area (TPSA) is 55.6 Å². The molecule has 1 saturated heterocycles. The van der Waals surface area contributed by atoms with Crippen LogP contribution in [0.4, 0.5) is 0 Å². The first-order chi connectivity index (χ1) is 10.2. The molecule has 21 heavy (non-hydrogen) atoms. The monoisotopic (exact) mass is 306 g/mol. The zero-order valence-corrected chi connectivity index (χ0v) is 12.8. The minimum Gasteiger partial charge on any atom is -0.461 e. The van der Waals surface area contributed by atoms with Crippen molar-refractivity contribution >= 4 is 17.1 Å². The highest BCUT2D eigenvalue weighted by Crippen LogP contribution is 2.18. The Morgan fingerprint density at radius 3 is 3.19 bits per heavy atom. The Balaban J connectivity index is 1.65. The van der Waals surface area contributed by atoms with Crippen LogP contribution >= 0.6 is 11.3 Å². The van der Waals surface area contributed by atoms with Crippen LogP contribution in [0.15, 0.2) is 28.2 Å². The van der Waals surface area contributed by atoms with Crippen molar-refractivity contribution in [3.63, 3.8) is 0 Å². The molecule has 0 saturated carbocycles. The molecule has 1 aliphatic rings. The highest BCUT2D eigenvalue weighted by atomic mass is 32.1. The summed E-state index contributed by atoms with van der Waals surface area (Å²) in [5, 5.41) is 3.15. The first-order valence-corrected chi connectivity index (χ1v) is 7.90. The highest BCUT2D eigenvalue weighted by molar-refractivity contribution is 7.09. The quantitative estimate of drug-likeness (QED) is 0.795. The molecule has 0 spiro atoms. The van der Waals surface area contributed by atoms with Crippen molar-refractivity contribution in [2.75, 3.05) is 19.8 Å². The van der Waals surface area contributed by atoms with Crippen LogP contribution in [0.25, 0.3) is 0 Å². The maximum absolute atomic E-state index is 12.2. The molecule has 3 rings (SSSR count). The van der Waals surface area contributed by atoms with Crippen molar-refractivity contribution in [3.8, 4) is 0 Å². The number of hydrogen-bond acceptors (Lipinski definition) is 6. The van der Waals surface area contributed by atoms with E-state index in [4.69, 9.17) is 9.15 Å². The predicted molar refractivity (Wildman–Crippen MR) is 79.5 cm³/mol. The van der Waals surface area contributed by atoms with Crippen LogP contribution in [0.1, 0.15) is 27.7 Å². The third-order valence-corrected chi connectivity index (χ3v) is 4.42. The lowest BCUT2D eigenvalue weighted by atomic mass is 10.1. The van der Waals surface area contributed by atoms with E-state index in [1.165, 1.54) is 6.26 Å². The zero-order valence-electron chi connectivity index (χ0n) is 11.9. The molecule has 2 aromatic rings. The number of ketones is 1. The zero-order chi connectivity index (χ0) is 14.7. The number of aryl methyl sites for hydroxylation is 1. The molecule has 0 N–H and O–H groups in total. The van der Waals surface area contributed by atoms with E-state index in [1.807, 2.05) is 6.92 Å². The van der Waals surface area contributed by atoms with Gasteiger partial charge in [-0.2, -0.15) is 0 Å². The fourth-order valence-corrected chi connectivity index (χ4v) is 3.13. The summed E-state index contributed by atoms with van der Waals surface area (Å²) in [5.74, 6) is 0.444. The van der Waals surface area contributed by atoms with E-state index in [2.05, 4.69) is 15.3 Å². The summed E-state index contributed by atoms with van der Waals surface area (Å²) >= 11 is 1.66. The summed E-state index contributed by atoms with van der Waals surface area (Å²) in [6.45, 7) is 4.88. The first-order valence-electron chi connectivity index (χ1n) is 7.02. The molecule has 1 aliphatic heterocycles. The molecule has 0 bridgehead atoms. The molecule has 6 heteroatoms. The van der Waals surface area contributed by atoms with E-state index in [9.17, 15) is 4.79 Å². The summed E-state index contributed by atoms with van der Waals surface area (Å²) in [4.78, 5) is 19.0. The number of thiazole rings is 1. The number of rotatable bonds is 5. The Hall–Kier alpha value is -1.50. The van der Waals surface area contributed by atoms with Gasteiger partial charge in [-0.1, -0.05) is 0 Å². The van der Waals surface area contributed by atoms with Gasteiger partial charge in [0, 0.05) is 30.9 Å². The summed E-state index contributed by atoms with van der Waals surface area (Å²) in [7, 11) is 0. The Bertz CT molecular complexity index is 594. The van der Waals surface area contributed by atoms with Crippen LogP contribution in [0.5, 0.6) is 0 Å². The minimum atomic E-state index is 0.0231. The van der Waals surface area contributed by atoms with Crippen molar-refractivity contribution < 1.29 is 13.9 Å². The number of morpholine rings is 1. The largest absolute Gasteiger partial charge is 0.461 e. The number of ether oxygens (including phenoxy) is 1. The van der Waals surface area contributed by atoms with E-state index in [-0.39, 0.29) is 11.8 Å². The van der Waals surface area contributed by atoms with E-state index < -0.39 is 0 Å². The van der Waals surface area contributed by atoms with Gasteiger partial charge in [-0.15, -0.1) is 11.3 Å². The highest BCUT2D eigenvalue weighted by Gasteiger charge is 2.27. The maximum Gasteiger partial charge on any atom is 0.199 e. The fourth-order valence-electron chi connectivity index (χ4n) is 2.53. The summed E-state index contributed by atoms with van der Waals surface area (Å²) in [5.41, 5.74) is 1.06. The molecular formula is C15H18N2O3S. The van der Waals surface area contributed by atoms with Crippen LogP contribution in [0.2, 0.25) is 0 Å². The number of aromatic nitrogens is 1.